The van der Waals surface area contributed by atoms with Crippen LogP contribution in [0, 0.1) is 0 Å². The molecule has 0 aromatic carbocycles. The minimum Gasteiger partial charge on any atom is -0.467 e. The molecule has 0 amide bonds. The summed E-state index contributed by atoms with van der Waals surface area (Å²) in [4.78, 5) is 0. The molecule has 3 heteroatoms. The lowest BCUT2D eigenvalue weighted by Gasteiger charge is -2.13. The highest BCUT2D eigenvalue weighted by Gasteiger charge is 2.01. The van der Waals surface area contributed by atoms with Gasteiger partial charge < -0.3 is 10.1 Å². The minimum absolute atomic E-state index is 0.363. The molecule has 0 spiro atoms. The van der Waals surface area contributed by atoms with Crippen LogP contribution in [0.3, 0.4) is 0 Å². The Morgan fingerprint density at radius 1 is 0.821 bits per heavy atom. The first kappa shape index (κ1) is 26.6. The largest absolute Gasteiger partial charge is 0.467 e. The van der Waals surface area contributed by atoms with Gasteiger partial charge in [-0.05, 0) is 105 Å². The van der Waals surface area contributed by atoms with Gasteiger partial charge in [-0.15, -0.1) is 0 Å². The van der Waals surface area contributed by atoms with Crippen molar-refractivity contribution in [2.75, 3.05) is 6.61 Å². The highest BCUT2D eigenvalue weighted by atomic mass is 32.1. The third-order valence-corrected chi connectivity index (χ3v) is 5.01. The predicted molar refractivity (Wildman–Crippen MR) is 130 cm³/mol. The Bertz CT molecular complexity index is 565. The number of ether oxygens (including phenoxy) is 1. The average molecular weight is 406 g/mol. The number of nitrogens with one attached hydrogen (secondary N) is 1. The molecule has 1 N–H and O–H groups in total. The van der Waals surface area contributed by atoms with Gasteiger partial charge in [0.25, 0.3) is 5.17 Å². The van der Waals surface area contributed by atoms with Gasteiger partial charge in [0.1, 0.15) is 6.61 Å². The van der Waals surface area contributed by atoms with Gasteiger partial charge in [-0.25, -0.2) is 0 Å². The molecule has 0 aliphatic carbocycles. The fraction of sp³-hybridized carbons (Fsp3) is 0.640. The zero-order valence-electron chi connectivity index (χ0n) is 19.4. The van der Waals surface area contributed by atoms with Gasteiger partial charge in [0.15, 0.2) is 0 Å². The second kappa shape index (κ2) is 16.6. The lowest BCUT2D eigenvalue weighted by molar-refractivity contribution is 0.334. The molecule has 28 heavy (non-hydrogen) atoms. The molecular formula is C25H43NOS. The lowest BCUT2D eigenvalue weighted by Crippen LogP contribution is -2.32. The molecule has 0 radical (unpaired) electrons. The van der Waals surface area contributed by atoms with Gasteiger partial charge in [0, 0.05) is 6.04 Å². The minimum atomic E-state index is 0.363. The van der Waals surface area contributed by atoms with E-state index >= 15 is 0 Å². The number of hydrogen-bond acceptors (Lipinski definition) is 2. The zero-order chi connectivity index (χ0) is 21.4. The maximum absolute atomic E-state index is 5.55. The Hall–Kier alpha value is -1.35. The Balaban J connectivity index is 4.03. The lowest BCUT2D eigenvalue weighted by atomic mass is 10.0. The van der Waals surface area contributed by atoms with Crippen molar-refractivity contribution in [3.8, 4) is 0 Å². The molecule has 0 saturated heterocycles. The van der Waals surface area contributed by atoms with E-state index in [9.17, 15) is 0 Å². The molecular weight excluding hydrogens is 362 g/mol. The first-order valence-corrected chi connectivity index (χ1v) is 11.2. The van der Waals surface area contributed by atoms with Crippen LogP contribution >= 0.6 is 12.2 Å². The van der Waals surface area contributed by atoms with Gasteiger partial charge in [-0.3, -0.25) is 0 Å². The van der Waals surface area contributed by atoms with Gasteiger partial charge in [0.2, 0.25) is 0 Å². The molecule has 0 aliphatic heterocycles. The molecule has 0 bridgehead atoms. The van der Waals surface area contributed by atoms with Crippen LogP contribution in [0.15, 0.2) is 46.6 Å². The van der Waals surface area contributed by atoms with E-state index in [1.165, 1.54) is 28.7 Å². The summed E-state index contributed by atoms with van der Waals surface area (Å²) in [6.07, 6.45) is 17.1. The van der Waals surface area contributed by atoms with Crippen molar-refractivity contribution in [2.24, 2.45) is 0 Å². The van der Waals surface area contributed by atoms with Crippen molar-refractivity contribution >= 4 is 17.4 Å². The summed E-state index contributed by atoms with van der Waals surface area (Å²) in [7, 11) is 0. The van der Waals surface area contributed by atoms with Crippen LogP contribution < -0.4 is 5.32 Å². The van der Waals surface area contributed by atoms with Crippen molar-refractivity contribution in [3.63, 3.8) is 0 Å². The van der Waals surface area contributed by atoms with Crippen molar-refractivity contribution in [3.05, 3.63) is 46.6 Å². The number of hydrogen-bond donors (Lipinski definition) is 1. The van der Waals surface area contributed by atoms with Crippen LogP contribution in [-0.4, -0.2) is 17.8 Å². The van der Waals surface area contributed by atoms with Crippen molar-refractivity contribution in [1.82, 2.24) is 5.32 Å². The fourth-order valence-corrected chi connectivity index (χ4v) is 2.86. The average Bonchev–Trinajstić information content (AvgIpc) is 2.61. The first-order valence-electron chi connectivity index (χ1n) is 10.8. The SMILES string of the molecule is CCC(C)NC(=S)OCC=C(C)CCC=C(C)CCC=C(C)CCC=C(C)C. The van der Waals surface area contributed by atoms with Gasteiger partial charge in [-0.1, -0.05) is 47.4 Å². The summed E-state index contributed by atoms with van der Waals surface area (Å²) in [6, 6.07) is 0.363. The predicted octanol–water partition coefficient (Wildman–Crippen LogP) is 7.82. The molecule has 160 valence electrons. The van der Waals surface area contributed by atoms with Gasteiger partial charge in [0.05, 0.1) is 0 Å². The van der Waals surface area contributed by atoms with E-state index in [1.807, 2.05) is 0 Å². The van der Waals surface area contributed by atoms with E-state index in [2.05, 4.69) is 78.1 Å². The van der Waals surface area contributed by atoms with Crippen molar-refractivity contribution < 1.29 is 4.74 Å². The van der Waals surface area contributed by atoms with Crippen LogP contribution in [0.5, 0.6) is 0 Å². The molecule has 0 aromatic heterocycles. The summed E-state index contributed by atoms with van der Waals surface area (Å²) in [5.74, 6) is 0. The van der Waals surface area contributed by atoms with E-state index < -0.39 is 0 Å². The van der Waals surface area contributed by atoms with Crippen LogP contribution in [0.1, 0.15) is 93.4 Å². The summed E-state index contributed by atoms with van der Waals surface area (Å²) >= 11 is 5.18. The second-order valence-corrected chi connectivity index (χ2v) is 8.47. The molecule has 0 fully saturated rings. The van der Waals surface area contributed by atoms with E-state index in [-0.39, 0.29) is 0 Å². The summed E-state index contributed by atoms with van der Waals surface area (Å²) in [5.41, 5.74) is 5.75. The van der Waals surface area contributed by atoms with Crippen LogP contribution in [0.4, 0.5) is 0 Å². The van der Waals surface area contributed by atoms with Crippen molar-refractivity contribution in [2.45, 2.75) is 99.5 Å². The maximum Gasteiger partial charge on any atom is 0.257 e. The standard InChI is InChI=1S/C25H43NOS/c1-8-24(7)26-25(28)27-19-18-23(6)17-11-16-22(5)15-10-14-21(4)13-9-12-20(2)3/h12,14,16,18,24H,8-11,13,15,17,19H2,1-7H3,(H,26,28). The molecule has 0 saturated carbocycles. The van der Waals surface area contributed by atoms with E-state index in [4.69, 9.17) is 17.0 Å². The van der Waals surface area contributed by atoms with Crippen LogP contribution in [0.25, 0.3) is 0 Å². The summed E-state index contributed by atoms with van der Waals surface area (Å²) in [6.45, 7) is 15.8. The number of thiocarbonyl (C=S) groups is 1. The second-order valence-electron chi connectivity index (χ2n) is 8.10. The molecule has 1 unspecified atom stereocenters. The Labute approximate surface area is 180 Å². The quantitative estimate of drug-likeness (QED) is 0.249. The molecule has 0 aromatic rings. The zero-order valence-corrected chi connectivity index (χ0v) is 20.2. The Morgan fingerprint density at radius 3 is 1.75 bits per heavy atom. The van der Waals surface area contributed by atoms with Crippen molar-refractivity contribution in [1.29, 1.82) is 0 Å². The third-order valence-electron chi connectivity index (χ3n) is 4.78. The first-order chi connectivity index (χ1) is 13.2. The van der Waals surface area contributed by atoms with E-state index in [0.29, 0.717) is 17.8 Å². The normalized spacial score (nSPS) is 13.9. The smallest absolute Gasteiger partial charge is 0.257 e. The van der Waals surface area contributed by atoms with Gasteiger partial charge >= 0.3 is 0 Å². The van der Waals surface area contributed by atoms with Crippen LogP contribution in [-0.2, 0) is 4.74 Å². The third kappa shape index (κ3) is 16.8. The van der Waals surface area contributed by atoms with E-state index in [0.717, 1.165) is 38.5 Å². The molecule has 0 aliphatic rings. The fourth-order valence-electron chi connectivity index (χ4n) is 2.59. The number of allylic oxidation sites excluding steroid dienone is 7. The molecule has 2 nitrogen and oxygen atoms in total. The number of rotatable bonds is 13. The summed E-state index contributed by atoms with van der Waals surface area (Å²) in [5, 5.41) is 3.67. The van der Waals surface area contributed by atoms with Gasteiger partial charge in [-0.2, -0.15) is 0 Å². The highest BCUT2D eigenvalue weighted by molar-refractivity contribution is 7.80. The molecule has 0 heterocycles. The van der Waals surface area contributed by atoms with Crippen LogP contribution in [0.2, 0.25) is 0 Å². The monoisotopic (exact) mass is 405 g/mol. The topological polar surface area (TPSA) is 21.3 Å². The maximum atomic E-state index is 5.55. The van der Waals surface area contributed by atoms with E-state index in [1.54, 1.807) is 0 Å². The highest BCUT2D eigenvalue weighted by Crippen LogP contribution is 2.13. The Kier molecular flexibility index (Phi) is 15.8. The summed E-state index contributed by atoms with van der Waals surface area (Å²) < 4.78 is 5.55. The molecule has 1 atom stereocenters. The Morgan fingerprint density at radius 2 is 1.29 bits per heavy atom. The molecule has 0 rings (SSSR count).